The third kappa shape index (κ3) is 3.91. The fourth-order valence-electron chi connectivity index (χ4n) is 2.52. The largest absolute Gasteiger partial charge is 0.355 e. The Morgan fingerprint density at radius 2 is 1.79 bits per heavy atom. The lowest BCUT2D eigenvalue weighted by molar-refractivity contribution is -0.119. The molecule has 1 aromatic carbocycles. The van der Waals surface area contributed by atoms with E-state index in [1.807, 2.05) is 30.3 Å². The number of nitrogens with zero attached hydrogens (tertiary/aromatic N) is 3. The van der Waals surface area contributed by atoms with Crippen LogP contribution in [0.25, 0.3) is 0 Å². The standard InChI is InChI=1S/C17H17BrN4O2/c18-13-1-3-14(4-2-13)20-15-5-6-19-16(11-15)17(24)22-9-7-21(12-23)8-10-22/h1-6,11-12H,7-10H2,(H,19,20). The Balaban J connectivity index is 1.69. The number of aromatic nitrogens is 1. The van der Waals surface area contributed by atoms with Gasteiger partial charge in [-0.2, -0.15) is 0 Å². The number of piperazine rings is 1. The first-order chi connectivity index (χ1) is 11.7. The minimum absolute atomic E-state index is 0.111. The van der Waals surface area contributed by atoms with Gasteiger partial charge in [0.1, 0.15) is 5.69 Å². The first kappa shape index (κ1) is 16.4. The van der Waals surface area contributed by atoms with Crippen LogP contribution in [-0.4, -0.2) is 53.3 Å². The fraction of sp³-hybridized carbons (Fsp3) is 0.235. The van der Waals surface area contributed by atoms with Crippen LogP contribution in [0.1, 0.15) is 10.5 Å². The summed E-state index contributed by atoms with van der Waals surface area (Å²) in [6.07, 6.45) is 2.44. The molecule has 3 rings (SSSR count). The summed E-state index contributed by atoms with van der Waals surface area (Å²) in [6, 6.07) is 11.4. The normalized spacial score (nSPS) is 14.4. The van der Waals surface area contributed by atoms with Crippen LogP contribution in [0, 0.1) is 0 Å². The van der Waals surface area contributed by atoms with Crippen molar-refractivity contribution < 1.29 is 9.59 Å². The SMILES string of the molecule is O=CN1CCN(C(=O)c2cc(Nc3ccc(Br)cc3)ccn2)CC1. The van der Waals surface area contributed by atoms with E-state index >= 15 is 0 Å². The summed E-state index contributed by atoms with van der Waals surface area (Å²) in [6.45, 7) is 2.19. The quantitative estimate of drug-likeness (QED) is 0.817. The summed E-state index contributed by atoms with van der Waals surface area (Å²) in [5.74, 6) is -0.111. The van der Waals surface area contributed by atoms with Gasteiger partial charge in [0.05, 0.1) is 0 Å². The Morgan fingerprint density at radius 3 is 2.46 bits per heavy atom. The lowest BCUT2D eigenvalue weighted by Crippen LogP contribution is -2.48. The van der Waals surface area contributed by atoms with Gasteiger partial charge in [0.15, 0.2) is 0 Å². The van der Waals surface area contributed by atoms with Gasteiger partial charge in [-0.1, -0.05) is 15.9 Å². The molecule has 1 saturated heterocycles. The van der Waals surface area contributed by atoms with E-state index in [-0.39, 0.29) is 5.91 Å². The van der Waals surface area contributed by atoms with E-state index < -0.39 is 0 Å². The van der Waals surface area contributed by atoms with Gasteiger partial charge >= 0.3 is 0 Å². The van der Waals surface area contributed by atoms with Crippen LogP contribution in [-0.2, 0) is 4.79 Å². The first-order valence-corrected chi connectivity index (χ1v) is 8.42. The zero-order chi connectivity index (χ0) is 16.9. The highest BCUT2D eigenvalue weighted by Crippen LogP contribution is 2.20. The van der Waals surface area contributed by atoms with E-state index in [4.69, 9.17) is 0 Å². The Labute approximate surface area is 148 Å². The van der Waals surface area contributed by atoms with Crippen molar-refractivity contribution in [1.29, 1.82) is 0 Å². The van der Waals surface area contributed by atoms with Crippen molar-refractivity contribution in [3.63, 3.8) is 0 Å². The number of halogens is 1. The molecule has 124 valence electrons. The summed E-state index contributed by atoms with van der Waals surface area (Å²) in [5, 5.41) is 3.26. The van der Waals surface area contributed by atoms with Crippen LogP contribution >= 0.6 is 15.9 Å². The van der Waals surface area contributed by atoms with Gasteiger partial charge in [0, 0.05) is 48.2 Å². The van der Waals surface area contributed by atoms with Crippen molar-refractivity contribution in [2.45, 2.75) is 0 Å². The van der Waals surface area contributed by atoms with Gasteiger partial charge in [-0.25, -0.2) is 0 Å². The van der Waals surface area contributed by atoms with Crippen LogP contribution in [0.4, 0.5) is 11.4 Å². The molecule has 7 heteroatoms. The molecule has 2 amide bonds. The lowest BCUT2D eigenvalue weighted by atomic mass is 10.2. The fourth-order valence-corrected chi connectivity index (χ4v) is 2.78. The molecule has 0 bridgehead atoms. The predicted octanol–water partition coefficient (Wildman–Crippen LogP) is 2.50. The number of pyridine rings is 1. The highest BCUT2D eigenvalue weighted by atomic mass is 79.9. The molecule has 1 aliphatic rings. The number of anilines is 2. The number of hydrogen-bond acceptors (Lipinski definition) is 4. The molecule has 1 aromatic heterocycles. The van der Waals surface area contributed by atoms with Crippen molar-refractivity contribution in [1.82, 2.24) is 14.8 Å². The van der Waals surface area contributed by atoms with Gasteiger partial charge in [0.2, 0.25) is 6.41 Å². The van der Waals surface area contributed by atoms with Crippen LogP contribution < -0.4 is 5.32 Å². The molecular formula is C17H17BrN4O2. The summed E-state index contributed by atoms with van der Waals surface area (Å²) < 4.78 is 1.01. The minimum Gasteiger partial charge on any atom is -0.355 e. The van der Waals surface area contributed by atoms with E-state index in [1.54, 1.807) is 22.1 Å². The topological polar surface area (TPSA) is 65.5 Å². The smallest absolute Gasteiger partial charge is 0.272 e. The van der Waals surface area contributed by atoms with Crippen molar-refractivity contribution in [3.8, 4) is 0 Å². The number of carbonyl (C=O) groups is 2. The Kier molecular flexibility index (Phi) is 5.10. The maximum atomic E-state index is 12.6. The van der Waals surface area contributed by atoms with Crippen LogP contribution in [0.2, 0.25) is 0 Å². The average Bonchev–Trinajstić information content (AvgIpc) is 2.63. The third-order valence-electron chi connectivity index (χ3n) is 3.86. The van der Waals surface area contributed by atoms with Gasteiger partial charge < -0.3 is 15.1 Å². The maximum absolute atomic E-state index is 12.6. The molecule has 0 radical (unpaired) electrons. The number of hydrogen-bond donors (Lipinski definition) is 1. The van der Waals surface area contributed by atoms with Crippen LogP contribution in [0.3, 0.4) is 0 Å². The molecule has 0 spiro atoms. The zero-order valence-electron chi connectivity index (χ0n) is 13.0. The Hall–Kier alpha value is -2.41. The Morgan fingerprint density at radius 1 is 1.08 bits per heavy atom. The molecular weight excluding hydrogens is 372 g/mol. The van der Waals surface area contributed by atoms with Gasteiger partial charge in [-0.05, 0) is 36.4 Å². The summed E-state index contributed by atoms with van der Waals surface area (Å²) in [7, 11) is 0. The monoisotopic (exact) mass is 388 g/mol. The molecule has 1 aliphatic heterocycles. The number of nitrogens with one attached hydrogen (secondary N) is 1. The summed E-state index contributed by atoms with van der Waals surface area (Å²) in [5.41, 5.74) is 2.14. The predicted molar refractivity (Wildman–Crippen MR) is 95.2 cm³/mol. The lowest BCUT2D eigenvalue weighted by Gasteiger charge is -2.32. The molecule has 2 aromatic rings. The second kappa shape index (κ2) is 7.44. The highest BCUT2D eigenvalue weighted by molar-refractivity contribution is 9.10. The molecule has 1 N–H and O–H groups in total. The number of carbonyl (C=O) groups excluding carboxylic acids is 2. The second-order valence-electron chi connectivity index (χ2n) is 5.50. The van der Waals surface area contributed by atoms with Gasteiger partial charge in [-0.3, -0.25) is 14.6 Å². The Bertz CT molecular complexity index is 728. The second-order valence-corrected chi connectivity index (χ2v) is 6.41. The van der Waals surface area contributed by atoms with Crippen molar-refractivity contribution in [2.75, 3.05) is 31.5 Å². The first-order valence-electron chi connectivity index (χ1n) is 7.63. The number of benzene rings is 1. The maximum Gasteiger partial charge on any atom is 0.272 e. The van der Waals surface area contributed by atoms with Crippen LogP contribution in [0.15, 0.2) is 47.1 Å². The molecule has 0 aliphatic carbocycles. The highest BCUT2D eigenvalue weighted by Gasteiger charge is 2.22. The minimum atomic E-state index is -0.111. The third-order valence-corrected chi connectivity index (χ3v) is 4.39. The van der Waals surface area contributed by atoms with Gasteiger partial charge in [-0.15, -0.1) is 0 Å². The van der Waals surface area contributed by atoms with E-state index in [2.05, 4.69) is 26.2 Å². The molecule has 2 heterocycles. The molecule has 24 heavy (non-hydrogen) atoms. The van der Waals surface area contributed by atoms with Crippen molar-refractivity contribution in [2.24, 2.45) is 0 Å². The molecule has 0 unspecified atom stereocenters. The van der Waals surface area contributed by atoms with E-state index in [9.17, 15) is 9.59 Å². The number of rotatable bonds is 4. The summed E-state index contributed by atoms with van der Waals surface area (Å²) in [4.78, 5) is 30.9. The van der Waals surface area contributed by atoms with Crippen molar-refractivity contribution in [3.05, 3.63) is 52.8 Å². The van der Waals surface area contributed by atoms with E-state index in [1.165, 1.54) is 0 Å². The zero-order valence-corrected chi connectivity index (χ0v) is 14.6. The van der Waals surface area contributed by atoms with Crippen molar-refractivity contribution >= 4 is 39.6 Å². The van der Waals surface area contributed by atoms with Crippen LogP contribution in [0.5, 0.6) is 0 Å². The molecule has 0 atom stereocenters. The number of amides is 2. The average molecular weight is 389 g/mol. The van der Waals surface area contributed by atoms with E-state index in [0.717, 1.165) is 22.3 Å². The van der Waals surface area contributed by atoms with Gasteiger partial charge in [0.25, 0.3) is 5.91 Å². The van der Waals surface area contributed by atoms with E-state index in [0.29, 0.717) is 31.9 Å². The summed E-state index contributed by atoms with van der Waals surface area (Å²) >= 11 is 3.40. The molecule has 6 nitrogen and oxygen atoms in total. The molecule has 0 saturated carbocycles. The molecule has 1 fully saturated rings.